The Bertz CT molecular complexity index is 1090. The number of fused-ring (bicyclic) bond motifs is 1. The second-order valence-corrected chi connectivity index (χ2v) is 7.75. The Labute approximate surface area is 177 Å². The lowest BCUT2D eigenvalue weighted by Gasteiger charge is -2.23. The van der Waals surface area contributed by atoms with Crippen LogP contribution in [0.15, 0.2) is 67.0 Å². The molecule has 146 valence electrons. The molecule has 0 spiro atoms. The van der Waals surface area contributed by atoms with Gasteiger partial charge in [0, 0.05) is 33.6 Å². The Morgan fingerprint density at radius 2 is 1.79 bits per heavy atom. The van der Waals surface area contributed by atoms with Crippen LogP contribution in [-0.2, 0) is 16.9 Å². The van der Waals surface area contributed by atoms with Crippen LogP contribution >= 0.6 is 23.2 Å². The summed E-state index contributed by atoms with van der Waals surface area (Å²) in [5.41, 5.74) is 0.0107. The van der Waals surface area contributed by atoms with Gasteiger partial charge in [0.25, 0.3) is 5.91 Å². The highest BCUT2D eigenvalue weighted by atomic mass is 35.5. The van der Waals surface area contributed by atoms with Gasteiger partial charge in [0.05, 0.1) is 18.7 Å². The molecular weight excluding hydrogens is 411 g/mol. The highest BCUT2D eigenvalue weighted by Gasteiger charge is 2.51. The van der Waals surface area contributed by atoms with Gasteiger partial charge in [0.1, 0.15) is 0 Å². The first-order chi connectivity index (χ1) is 13.9. The highest BCUT2D eigenvalue weighted by Crippen LogP contribution is 2.44. The van der Waals surface area contributed by atoms with E-state index in [1.807, 2.05) is 12.1 Å². The van der Waals surface area contributed by atoms with Gasteiger partial charge in [-0.15, -0.1) is 0 Å². The standard InChI is InChI=1S/C22H16Cl2N2O3/c23-16-5-3-14(4-6-16)13-26-19-8-7-17(24)10-18(19)22(29,21(26)28)11-20(27)15-2-1-9-25-12-15/h1-10,12,29H,11,13H2/t22-/m1/s1. The van der Waals surface area contributed by atoms with Crippen LogP contribution in [0.4, 0.5) is 5.69 Å². The molecule has 0 saturated heterocycles. The van der Waals surface area contributed by atoms with Gasteiger partial charge in [-0.1, -0.05) is 35.3 Å². The third-order valence-electron chi connectivity index (χ3n) is 4.95. The largest absolute Gasteiger partial charge is 0.375 e. The van der Waals surface area contributed by atoms with Crippen LogP contribution in [0.1, 0.15) is 27.9 Å². The molecule has 1 aliphatic heterocycles. The van der Waals surface area contributed by atoms with Crippen LogP contribution in [0.25, 0.3) is 0 Å². The smallest absolute Gasteiger partial charge is 0.264 e. The number of benzene rings is 2. The number of aromatic nitrogens is 1. The van der Waals surface area contributed by atoms with Crippen molar-refractivity contribution < 1.29 is 14.7 Å². The van der Waals surface area contributed by atoms with Gasteiger partial charge >= 0.3 is 0 Å². The molecule has 2 aromatic carbocycles. The normalized spacial score (nSPS) is 18.0. The van der Waals surface area contributed by atoms with Crippen LogP contribution in [0, 0.1) is 0 Å². The van der Waals surface area contributed by atoms with Gasteiger partial charge in [0.15, 0.2) is 11.4 Å². The fourth-order valence-corrected chi connectivity index (χ4v) is 3.78. The molecule has 4 rings (SSSR count). The molecule has 1 aromatic heterocycles. The summed E-state index contributed by atoms with van der Waals surface area (Å²) in [5.74, 6) is -0.949. The molecule has 0 radical (unpaired) electrons. The van der Waals surface area contributed by atoms with E-state index < -0.39 is 17.9 Å². The molecule has 5 nitrogen and oxygen atoms in total. The minimum absolute atomic E-state index is 0.230. The Kier molecular flexibility index (Phi) is 5.13. The Morgan fingerprint density at radius 3 is 2.48 bits per heavy atom. The summed E-state index contributed by atoms with van der Waals surface area (Å²) >= 11 is 12.1. The summed E-state index contributed by atoms with van der Waals surface area (Å²) in [4.78, 5) is 31.4. The zero-order valence-electron chi connectivity index (χ0n) is 15.2. The van der Waals surface area contributed by atoms with Gasteiger partial charge in [-0.3, -0.25) is 14.6 Å². The molecule has 1 aliphatic rings. The molecule has 0 aliphatic carbocycles. The SMILES string of the molecule is O=C(C[C@]1(O)C(=O)N(Cc2ccc(Cl)cc2)c2ccc(Cl)cc21)c1cccnc1. The van der Waals surface area contributed by atoms with E-state index in [9.17, 15) is 14.7 Å². The van der Waals surface area contributed by atoms with Crippen molar-refractivity contribution in [1.29, 1.82) is 0 Å². The fourth-order valence-electron chi connectivity index (χ4n) is 3.49. The number of anilines is 1. The third kappa shape index (κ3) is 3.65. The first-order valence-electron chi connectivity index (χ1n) is 8.90. The summed E-state index contributed by atoms with van der Waals surface area (Å²) in [6, 6.07) is 15.2. The van der Waals surface area contributed by atoms with Gasteiger partial charge in [-0.25, -0.2) is 0 Å². The van der Waals surface area contributed by atoms with Crippen molar-refractivity contribution in [1.82, 2.24) is 4.98 Å². The molecule has 1 atom stereocenters. The lowest BCUT2D eigenvalue weighted by Crippen LogP contribution is -2.41. The molecule has 0 fully saturated rings. The average molecular weight is 427 g/mol. The van der Waals surface area contributed by atoms with Crippen molar-refractivity contribution >= 4 is 40.6 Å². The zero-order chi connectivity index (χ0) is 20.6. The molecule has 2 heterocycles. The van der Waals surface area contributed by atoms with Crippen LogP contribution in [-0.4, -0.2) is 21.8 Å². The predicted molar refractivity (Wildman–Crippen MR) is 111 cm³/mol. The number of carbonyl (C=O) groups is 2. The monoisotopic (exact) mass is 426 g/mol. The summed E-state index contributed by atoms with van der Waals surface area (Å²) in [7, 11) is 0. The summed E-state index contributed by atoms with van der Waals surface area (Å²) in [5, 5.41) is 12.3. The number of amides is 1. The third-order valence-corrected chi connectivity index (χ3v) is 5.43. The van der Waals surface area contributed by atoms with Crippen molar-refractivity contribution in [3.63, 3.8) is 0 Å². The van der Waals surface area contributed by atoms with E-state index >= 15 is 0 Å². The van der Waals surface area contributed by atoms with Gasteiger partial charge < -0.3 is 10.0 Å². The highest BCUT2D eigenvalue weighted by molar-refractivity contribution is 6.31. The van der Waals surface area contributed by atoms with E-state index in [1.165, 1.54) is 17.2 Å². The Balaban J connectivity index is 1.71. The number of nitrogens with zero attached hydrogens (tertiary/aromatic N) is 2. The molecule has 0 bridgehead atoms. The Hall–Kier alpha value is -2.73. The van der Waals surface area contributed by atoms with Crippen molar-refractivity contribution in [2.24, 2.45) is 0 Å². The molecule has 3 aromatic rings. The Morgan fingerprint density at radius 1 is 1.07 bits per heavy atom. The van der Waals surface area contributed by atoms with Gasteiger partial charge in [0.2, 0.25) is 0 Å². The number of ketones is 1. The van der Waals surface area contributed by atoms with E-state index in [2.05, 4.69) is 4.98 Å². The van der Waals surface area contributed by atoms with E-state index in [0.717, 1.165) is 5.56 Å². The number of hydrogen-bond donors (Lipinski definition) is 1. The minimum atomic E-state index is -2.00. The number of aliphatic hydroxyl groups is 1. The molecule has 29 heavy (non-hydrogen) atoms. The van der Waals surface area contributed by atoms with Crippen molar-refractivity contribution in [3.05, 3.63) is 93.7 Å². The molecule has 1 amide bonds. The summed E-state index contributed by atoms with van der Waals surface area (Å²) in [6.45, 7) is 0.230. The van der Waals surface area contributed by atoms with Crippen LogP contribution in [0.5, 0.6) is 0 Å². The number of Topliss-reactive ketones (excluding diaryl/α,β-unsaturated/α-hetero) is 1. The molecule has 1 N–H and O–H groups in total. The zero-order valence-corrected chi connectivity index (χ0v) is 16.7. The van der Waals surface area contributed by atoms with Crippen LogP contribution in [0.2, 0.25) is 10.0 Å². The van der Waals surface area contributed by atoms with Crippen molar-refractivity contribution in [2.75, 3.05) is 4.90 Å². The number of carbonyl (C=O) groups excluding carboxylic acids is 2. The average Bonchev–Trinajstić information content (AvgIpc) is 2.92. The first-order valence-corrected chi connectivity index (χ1v) is 9.66. The molecule has 0 unspecified atom stereocenters. The predicted octanol–water partition coefficient (Wildman–Crippen LogP) is 4.40. The van der Waals surface area contributed by atoms with E-state index in [4.69, 9.17) is 23.2 Å². The maximum absolute atomic E-state index is 13.3. The van der Waals surface area contributed by atoms with E-state index in [1.54, 1.807) is 42.6 Å². The lowest BCUT2D eigenvalue weighted by atomic mass is 9.88. The molecule has 7 heteroatoms. The maximum atomic E-state index is 13.3. The van der Waals surface area contributed by atoms with Crippen LogP contribution in [0.3, 0.4) is 0 Å². The lowest BCUT2D eigenvalue weighted by molar-refractivity contribution is -0.136. The number of halogens is 2. The first kappa shape index (κ1) is 19.6. The second kappa shape index (κ2) is 7.59. The maximum Gasteiger partial charge on any atom is 0.264 e. The quantitative estimate of drug-likeness (QED) is 0.613. The van der Waals surface area contributed by atoms with Gasteiger partial charge in [-0.2, -0.15) is 0 Å². The van der Waals surface area contributed by atoms with E-state index in [0.29, 0.717) is 26.9 Å². The number of rotatable bonds is 5. The van der Waals surface area contributed by atoms with Crippen molar-refractivity contribution in [3.8, 4) is 0 Å². The topological polar surface area (TPSA) is 70.5 Å². The minimum Gasteiger partial charge on any atom is -0.375 e. The number of hydrogen-bond acceptors (Lipinski definition) is 4. The molecular formula is C22H16Cl2N2O3. The van der Waals surface area contributed by atoms with Crippen LogP contribution < -0.4 is 4.90 Å². The molecule has 0 saturated carbocycles. The van der Waals surface area contributed by atoms with E-state index in [-0.39, 0.29) is 12.3 Å². The second-order valence-electron chi connectivity index (χ2n) is 6.88. The summed E-state index contributed by atoms with van der Waals surface area (Å²) in [6.07, 6.45) is 2.56. The fraction of sp³-hybridized carbons (Fsp3) is 0.136. The number of pyridine rings is 1. The van der Waals surface area contributed by atoms with Crippen molar-refractivity contribution in [2.45, 2.75) is 18.6 Å². The summed E-state index contributed by atoms with van der Waals surface area (Å²) < 4.78 is 0. The van der Waals surface area contributed by atoms with Gasteiger partial charge in [-0.05, 0) is 48.0 Å².